The average molecular weight is 371 g/mol. The smallest absolute Gasteiger partial charge is 0.319 e. The summed E-state index contributed by atoms with van der Waals surface area (Å²) in [5, 5.41) is 15.1. The molecule has 0 aliphatic rings. The van der Waals surface area contributed by atoms with E-state index in [2.05, 4.69) is 15.6 Å². The highest BCUT2D eigenvalue weighted by Gasteiger charge is 2.14. The molecule has 8 nitrogen and oxygen atoms in total. The van der Waals surface area contributed by atoms with Gasteiger partial charge >= 0.3 is 6.03 Å². The third kappa shape index (κ3) is 5.82. The number of aromatic hydroxyl groups is 1. The van der Waals surface area contributed by atoms with Crippen LogP contribution in [0.4, 0.5) is 10.5 Å². The Kier molecular flexibility index (Phi) is 6.90. The SMILES string of the molecule is COCCNC(=O)Nc1cccc(C=CC(=O)c2c(O)cc(C)[nH]c2=O)c1. The molecule has 2 amide bonds. The summed E-state index contributed by atoms with van der Waals surface area (Å²) in [5.74, 6) is -0.988. The molecule has 0 fully saturated rings. The van der Waals surface area contributed by atoms with E-state index in [0.29, 0.717) is 30.1 Å². The first-order chi connectivity index (χ1) is 12.9. The van der Waals surface area contributed by atoms with Crippen LogP contribution in [0.3, 0.4) is 0 Å². The van der Waals surface area contributed by atoms with Crippen molar-refractivity contribution >= 4 is 23.6 Å². The van der Waals surface area contributed by atoms with Crippen molar-refractivity contribution in [2.75, 3.05) is 25.6 Å². The number of benzene rings is 1. The fraction of sp³-hybridized carbons (Fsp3) is 0.211. The average Bonchev–Trinajstić information content (AvgIpc) is 2.59. The van der Waals surface area contributed by atoms with Crippen LogP contribution < -0.4 is 16.2 Å². The number of amides is 2. The lowest BCUT2D eigenvalue weighted by molar-refractivity contribution is 0.104. The van der Waals surface area contributed by atoms with Gasteiger partial charge in [-0.05, 0) is 36.8 Å². The number of hydrogen-bond donors (Lipinski definition) is 4. The summed E-state index contributed by atoms with van der Waals surface area (Å²) in [6, 6.07) is 7.75. The highest BCUT2D eigenvalue weighted by atomic mass is 16.5. The Balaban J connectivity index is 2.08. The minimum atomic E-state index is -0.648. The fourth-order valence-corrected chi connectivity index (χ4v) is 2.33. The first-order valence-corrected chi connectivity index (χ1v) is 8.20. The number of aromatic nitrogens is 1. The highest BCUT2D eigenvalue weighted by Crippen LogP contribution is 2.16. The maximum Gasteiger partial charge on any atom is 0.319 e. The molecule has 27 heavy (non-hydrogen) atoms. The quantitative estimate of drug-likeness (QED) is 0.337. The minimum Gasteiger partial charge on any atom is -0.507 e. The number of pyridine rings is 1. The van der Waals surface area contributed by atoms with E-state index in [1.807, 2.05) is 0 Å². The largest absolute Gasteiger partial charge is 0.507 e. The summed E-state index contributed by atoms with van der Waals surface area (Å²) >= 11 is 0. The van der Waals surface area contributed by atoms with Gasteiger partial charge in [0.15, 0.2) is 5.78 Å². The number of anilines is 1. The van der Waals surface area contributed by atoms with Crippen LogP contribution in [0, 0.1) is 6.92 Å². The van der Waals surface area contributed by atoms with Crippen molar-refractivity contribution in [3.05, 3.63) is 63.6 Å². The number of carbonyl (C=O) groups excluding carboxylic acids is 2. The molecular weight excluding hydrogens is 350 g/mol. The third-order valence-corrected chi connectivity index (χ3v) is 3.56. The lowest BCUT2D eigenvalue weighted by Crippen LogP contribution is -2.31. The second kappa shape index (κ2) is 9.35. The van der Waals surface area contributed by atoms with Crippen LogP contribution in [0.25, 0.3) is 6.08 Å². The molecular formula is C19H21N3O5. The molecule has 0 atom stereocenters. The zero-order chi connectivity index (χ0) is 19.8. The van der Waals surface area contributed by atoms with Crippen LogP contribution in [0.5, 0.6) is 5.75 Å². The molecule has 4 N–H and O–H groups in total. The Labute approximate surface area is 155 Å². The number of rotatable bonds is 7. The lowest BCUT2D eigenvalue weighted by Gasteiger charge is -2.07. The fourth-order valence-electron chi connectivity index (χ4n) is 2.33. The van der Waals surface area contributed by atoms with Gasteiger partial charge in [-0.25, -0.2) is 4.79 Å². The van der Waals surface area contributed by atoms with Crippen molar-refractivity contribution in [3.8, 4) is 5.75 Å². The van der Waals surface area contributed by atoms with E-state index in [1.165, 1.54) is 18.2 Å². The van der Waals surface area contributed by atoms with Gasteiger partial charge in [0.25, 0.3) is 5.56 Å². The summed E-state index contributed by atoms with van der Waals surface area (Å²) < 4.78 is 4.85. The van der Waals surface area contributed by atoms with Crippen molar-refractivity contribution in [1.82, 2.24) is 10.3 Å². The molecule has 0 saturated heterocycles. The Bertz CT molecular complexity index is 918. The van der Waals surface area contributed by atoms with E-state index in [9.17, 15) is 19.5 Å². The molecule has 0 saturated carbocycles. The van der Waals surface area contributed by atoms with E-state index in [1.54, 1.807) is 38.3 Å². The molecule has 1 aromatic heterocycles. The third-order valence-electron chi connectivity index (χ3n) is 3.56. The molecule has 0 aliphatic carbocycles. The maximum absolute atomic E-state index is 12.2. The molecule has 0 aliphatic heterocycles. The molecule has 0 radical (unpaired) electrons. The van der Waals surface area contributed by atoms with Crippen molar-refractivity contribution in [1.29, 1.82) is 0 Å². The van der Waals surface area contributed by atoms with Crippen LogP contribution in [-0.2, 0) is 4.74 Å². The molecule has 1 aromatic carbocycles. The predicted molar refractivity (Wildman–Crippen MR) is 102 cm³/mol. The van der Waals surface area contributed by atoms with Crippen LogP contribution in [-0.4, -0.2) is 42.2 Å². The number of aryl methyl sites for hydroxylation is 1. The Morgan fingerprint density at radius 2 is 2.07 bits per heavy atom. The van der Waals surface area contributed by atoms with E-state index in [4.69, 9.17) is 4.74 Å². The highest BCUT2D eigenvalue weighted by molar-refractivity contribution is 6.08. The van der Waals surface area contributed by atoms with Gasteiger partial charge < -0.3 is 25.5 Å². The number of H-pyrrole nitrogens is 1. The van der Waals surface area contributed by atoms with Gasteiger partial charge in [-0.15, -0.1) is 0 Å². The minimum absolute atomic E-state index is 0.316. The Morgan fingerprint density at radius 1 is 1.30 bits per heavy atom. The number of methoxy groups -OCH3 is 1. The number of hydrogen-bond acceptors (Lipinski definition) is 5. The van der Waals surface area contributed by atoms with Gasteiger partial charge in [-0.3, -0.25) is 9.59 Å². The van der Waals surface area contributed by atoms with Crippen LogP contribution in [0.2, 0.25) is 0 Å². The van der Waals surface area contributed by atoms with Gasteiger partial charge in [0, 0.05) is 25.0 Å². The zero-order valence-corrected chi connectivity index (χ0v) is 15.0. The molecule has 0 bridgehead atoms. The van der Waals surface area contributed by atoms with Crippen LogP contribution >= 0.6 is 0 Å². The first-order valence-electron chi connectivity index (χ1n) is 8.20. The second-order valence-corrected chi connectivity index (χ2v) is 5.74. The summed E-state index contributed by atoms with van der Waals surface area (Å²) in [4.78, 5) is 38.3. The zero-order valence-electron chi connectivity index (χ0n) is 15.0. The number of ketones is 1. The lowest BCUT2D eigenvalue weighted by atomic mass is 10.1. The van der Waals surface area contributed by atoms with E-state index in [-0.39, 0.29) is 17.3 Å². The van der Waals surface area contributed by atoms with Gasteiger partial charge in [0.2, 0.25) is 0 Å². The first kappa shape index (κ1) is 19.9. The van der Waals surface area contributed by atoms with Gasteiger partial charge in [0.1, 0.15) is 11.3 Å². The molecule has 2 rings (SSSR count). The summed E-state index contributed by atoms with van der Waals surface area (Å²) in [6.07, 6.45) is 2.69. The van der Waals surface area contributed by atoms with E-state index in [0.717, 1.165) is 0 Å². The van der Waals surface area contributed by atoms with Crippen molar-refractivity contribution < 1.29 is 19.4 Å². The molecule has 1 heterocycles. The number of allylic oxidation sites excluding steroid dienone is 1. The summed E-state index contributed by atoms with van der Waals surface area (Å²) in [6.45, 7) is 2.39. The monoisotopic (exact) mass is 371 g/mol. The van der Waals surface area contributed by atoms with Gasteiger partial charge in [-0.2, -0.15) is 0 Å². The van der Waals surface area contributed by atoms with Crippen LogP contribution in [0.15, 0.2) is 41.2 Å². The van der Waals surface area contributed by atoms with Crippen molar-refractivity contribution in [2.45, 2.75) is 6.92 Å². The number of nitrogens with one attached hydrogen (secondary N) is 3. The van der Waals surface area contributed by atoms with Gasteiger partial charge in [-0.1, -0.05) is 18.2 Å². The molecule has 142 valence electrons. The second-order valence-electron chi connectivity index (χ2n) is 5.74. The van der Waals surface area contributed by atoms with E-state index >= 15 is 0 Å². The summed E-state index contributed by atoms with van der Waals surface area (Å²) in [7, 11) is 1.54. The van der Waals surface area contributed by atoms with Gasteiger partial charge in [0.05, 0.1) is 6.61 Å². The number of carbonyl (C=O) groups is 2. The Hall–Kier alpha value is -3.39. The van der Waals surface area contributed by atoms with Crippen molar-refractivity contribution in [3.63, 3.8) is 0 Å². The van der Waals surface area contributed by atoms with Crippen molar-refractivity contribution in [2.24, 2.45) is 0 Å². The molecule has 2 aromatic rings. The van der Waals surface area contributed by atoms with E-state index < -0.39 is 11.3 Å². The maximum atomic E-state index is 12.2. The number of aromatic amines is 1. The molecule has 0 unspecified atom stereocenters. The summed E-state index contributed by atoms with van der Waals surface area (Å²) in [5.41, 5.74) is 0.672. The normalized spacial score (nSPS) is 10.7. The standard InChI is InChI=1S/C19H21N3O5/c1-12-10-16(24)17(18(25)21-12)15(23)7-6-13-4-3-5-14(11-13)22-19(26)20-8-9-27-2/h3-7,10-11H,8-9H2,1-2H3,(H2,20,22,26)(H2,21,24,25). The van der Waals surface area contributed by atoms with Crippen LogP contribution in [0.1, 0.15) is 21.6 Å². The number of urea groups is 1. The Morgan fingerprint density at radius 3 is 2.78 bits per heavy atom. The predicted octanol–water partition coefficient (Wildman–Crippen LogP) is 2.05. The number of ether oxygens (including phenoxy) is 1. The molecule has 0 spiro atoms. The topological polar surface area (TPSA) is 121 Å². The molecule has 8 heteroatoms.